The third kappa shape index (κ3) is 2.24. The molecule has 0 saturated carbocycles. The maximum Gasteiger partial charge on any atom is 0.230 e. The van der Waals surface area contributed by atoms with Crippen molar-refractivity contribution in [2.75, 3.05) is 0 Å². The van der Waals surface area contributed by atoms with Crippen LogP contribution in [-0.2, 0) is 5.41 Å². The summed E-state index contributed by atoms with van der Waals surface area (Å²) in [5, 5.41) is 0. The molecule has 0 fully saturated rings. The van der Waals surface area contributed by atoms with E-state index in [1.807, 2.05) is 20.8 Å². The summed E-state index contributed by atoms with van der Waals surface area (Å²) in [4.78, 5) is 7.83. The first-order chi connectivity index (χ1) is 5.82. The maximum atomic E-state index is 13.2. The van der Waals surface area contributed by atoms with E-state index in [2.05, 4.69) is 25.9 Å². The molecule has 0 aliphatic heterocycles. The highest BCUT2D eigenvalue weighted by molar-refractivity contribution is 9.10. The smallest absolute Gasteiger partial charge is 0.230 e. The summed E-state index contributed by atoms with van der Waals surface area (Å²) in [6.07, 6.45) is 0. The molecule has 0 aromatic carbocycles. The Kier molecular flexibility index (Phi) is 2.71. The van der Waals surface area contributed by atoms with Crippen LogP contribution in [0.4, 0.5) is 4.39 Å². The summed E-state index contributed by atoms with van der Waals surface area (Å²) in [6.45, 7) is 7.64. The van der Waals surface area contributed by atoms with Gasteiger partial charge in [0.05, 0.1) is 10.2 Å². The number of halogens is 2. The van der Waals surface area contributed by atoms with E-state index < -0.39 is 5.95 Å². The van der Waals surface area contributed by atoms with E-state index >= 15 is 0 Å². The Morgan fingerprint density at radius 1 is 1.23 bits per heavy atom. The topological polar surface area (TPSA) is 25.8 Å². The van der Waals surface area contributed by atoms with Gasteiger partial charge in [-0.15, -0.1) is 0 Å². The zero-order valence-electron chi connectivity index (χ0n) is 8.15. The van der Waals surface area contributed by atoms with Gasteiger partial charge < -0.3 is 0 Å². The van der Waals surface area contributed by atoms with Crippen LogP contribution >= 0.6 is 15.9 Å². The minimum absolute atomic E-state index is 0.173. The van der Waals surface area contributed by atoms with Crippen molar-refractivity contribution in [2.24, 2.45) is 0 Å². The zero-order valence-corrected chi connectivity index (χ0v) is 9.74. The predicted molar refractivity (Wildman–Crippen MR) is 53.1 cm³/mol. The lowest BCUT2D eigenvalue weighted by atomic mass is 9.92. The minimum Gasteiger partial charge on any atom is -0.236 e. The summed E-state index contributed by atoms with van der Waals surface area (Å²) >= 11 is 3.15. The Labute approximate surface area is 85.7 Å². The maximum absolute atomic E-state index is 13.2. The molecule has 72 valence electrons. The average molecular weight is 247 g/mol. The van der Waals surface area contributed by atoms with Crippen molar-refractivity contribution >= 4 is 15.9 Å². The number of hydrogen-bond donors (Lipinski definition) is 0. The molecule has 0 bridgehead atoms. The van der Waals surface area contributed by atoms with Crippen LogP contribution < -0.4 is 0 Å². The molecule has 1 aromatic heterocycles. The molecule has 0 amide bonds. The number of aromatic nitrogens is 2. The first kappa shape index (κ1) is 10.6. The van der Waals surface area contributed by atoms with Gasteiger partial charge in [0.25, 0.3) is 0 Å². The number of nitrogens with zero attached hydrogens (tertiary/aromatic N) is 2. The average Bonchev–Trinajstić information content (AvgIpc) is 1.94. The van der Waals surface area contributed by atoms with Gasteiger partial charge >= 0.3 is 0 Å². The van der Waals surface area contributed by atoms with Gasteiger partial charge in [-0.1, -0.05) is 20.8 Å². The van der Waals surface area contributed by atoms with Gasteiger partial charge in [0.15, 0.2) is 0 Å². The van der Waals surface area contributed by atoms with Crippen LogP contribution in [0.25, 0.3) is 0 Å². The van der Waals surface area contributed by atoms with Gasteiger partial charge in [-0.05, 0) is 22.9 Å². The molecule has 0 aliphatic rings. The molecule has 0 aliphatic carbocycles. The van der Waals surface area contributed by atoms with Crippen LogP contribution in [0.3, 0.4) is 0 Å². The Bertz CT molecular complexity index is 331. The van der Waals surface area contributed by atoms with Crippen molar-refractivity contribution in [3.05, 3.63) is 21.9 Å². The van der Waals surface area contributed by atoms with Gasteiger partial charge in [-0.2, -0.15) is 4.39 Å². The van der Waals surface area contributed by atoms with Gasteiger partial charge in [-0.3, -0.25) is 0 Å². The molecular weight excluding hydrogens is 235 g/mol. The monoisotopic (exact) mass is 246 g/mol. The lowest BCUT2D eigenvalue weighted by Gasteiger charge is -2.19. The fourth-order valence-electron chi connectivity index (χ4n) is 1.02. The summed E-state index contributed by atoms with van der Waals surface area (Å²) < 4.78 is 13.5. The summed E-state index contributed by atoms with van der Waals surface area (Å²) in [5.41, 5.74) is 0.533. The molecule has 1 aromatic rings. The van der Waals surface area contributed by atoms with Crippen molar-refractivity contribution in [2.45, 2.75) is 33.1 Å². The van der Waals surface area contributed by atoms with Crippen LogP contribution in [0.1, 0.15) is 32.3 Å². The van der Waals surface area contributed by atoms with E-state index in [9.17, 15) is 4.39 Å². The van der Waals surface area contributed by atoms with Gasteiger partial charge in [-0.25, -0.2) is 9.97 Å². The summed E-state index contributed by atoms with van der Waals surface area (Å²) in [5.74, 6) is -0.0250. The molecule has 4 heteroatoms. The van der Waals surface area contributed by atoms with Crippen molar-refractivity contribution in [3.63, 3.8) is 0 Å². The Morgan fingerprint density at radius 3 is 2.23 bits per heavy atom. The van der Waals surface area contributed by atoms with Crippen LogP contribution in [0.5, 0.6) is 0 Å². The highest BCUT2D eigenvalue weighted by Crippen LogP contribution is 2.28. The fourth-order valence-corrected chi connectivity index (χ4v) is 1.79. The second kappa shape index (κ2) is 3.33. The first-order valence-corrected chi connectivity index (χ1v) is 4.82. The van der Waals surface area contributed by atoms with Crippen molar-refractivity contribution < 1.29 is 4.39 Å². The third-order valence-corrected chi connectivity index (χ3v) is 2.34. The van der Waals surface area contributed by atoms with E-state index in [1.54, 1.807) is 6.92 Å². The van der Waals surface area contributed by atoms with Crippen LogP contribution in [0, 0.1) is 12.9 Å². The quantitative estimate of drug-likeness (QED) is 0.658. The molecule has 0 spiro atoms. The van der Waals surface area contributed by atoms with Crippen LogP contribution in [0.2, 0.25) is 0 Å². The SMILES string of the molecule is Cc1nc(F)c(Br)c(C(C)(C)C)n1. The molecule has 0 radical (unpaired) electrons. The summed E-state index contributed by atoms with van der Waals surface area (Å²) in [7, 11) is 0. The van der Waals surface area contributed by atoms with Crippen LogP contribution in [-0.4, -0.2) is 9.97 Å². The van der Waals surface area contributed by atoms with E-state index in [0.717, 1.165) is 0 Å². The molecule has 2 nitrogen and oxygen atoms in total. The second-order valence-electron chi connectivity index (χ2n) is 3.97. The van der Waals surface area contributed by atoms with E-state index in [-0.39, 0.29) is 5.41 Å². The zero-order chi connectivity index (χ0) is 10.2. The standard InChI is InChI=1S/C9H12BrFN2/c1-5-12-7(9(2,3)4)6(10)8(11)13-5/h1-4H3. The normalized spacial score (nSPS) is 11.8. The lowest BCUT2D eigenvalue weighted by Crippen LogP contribution is -2.17. The minimum atomic E-state index is -0.488. The molecule has 0 unspecified atom stereocenters. The molecule has 1 heterocycles. The van der Waals surface area contributed by atoms with Gasteiger partial charge in [0, 0.05) is 5.41 Å². The number of hydrogen-bond acceptors (Lipinski definition) is 2. The molecule has 0 saturated heterocycles. The summed E-state index contributed by atoms with van der Waals surface area (Å²) in [6, 6.07) is 0. The Balaban J connectivity index is 3.37. The third-order valence-electron chi connectivity index (χ3n) is 1.63. The van der Waals surface area contributed by atoms with Crippen molar-refractivity contribution in [3.8, 4) is 0 Å². The van der Waals surface area contributed by atoms with E-state index in [0.29, 0.717) is 16.0 Å². The van der Waals surface area contributed by atoms with Crippen molar-refractivity contribution in [1.82, 2.24) is 9.97 Å². The fraction of sp³-hybridized carbons (Fsp3) is 0.556. The molecule has 1 rings (SSSR count). The lowest BCUT2D eigenvalue weighted by molar-refractivity contribution is 0.518. The Morgan fingerprint density at radius 2 is 1.77 bits per heavy atom. The molecule has 13 heavy (non-hydrogen) atoms. The second-order valence-corrected chi connectivity index (χ2v) is 4.77. The molecule has 0 N–H and O–H groups in total. The molecule has 0 atom stereocenters. The highest BCUT2D eigenvalue weighted by Gasteiger charge is 2.22. The van der Waals surface area contributed by atoms with Gasteiger partial charge in [0.1, 0.15) is 5.82 Å². The first-order valence-electron chi connectivity index (χ1n) is 4.02. The highest BCUT2D eigenvalue weighted by atomic mass is 79.9. The Hall–Kier alpha value is -0.510. The van der Waals surface area contributed by atoms with E-state index in [1.165, 1.54) is 0 Å². The predicted octanol–water partition coefficient (Wildman–Crippen LogP) is 2.98. The number of rotatable bonds is 0. The van der Waals surface area contributed by atoms with E-state index in [4.69, 9.17) is 0 Å². The van der Waals surface area contributed by atoms with Crippen LogP contribution in [0.15, 0.2) is 4.47 Å². The molecular formula is C9H12BrFN2. The van der Waals surface area contributed by atoms with Gasteiger partial charge in [0.2, 0.25) is 5.95 Å². The largest absolute Gasteiger partial charge is 0.236 e. The number of aryl methyl sites for hydroxylation is 1. The van der Waals surface area contributed by atoms with Crippen molar-refractivity contribution in [1.29, 1.82) is 0 Å².